The first-order valence-corrected chi connectivity index (χ1v) is 9.02. The van der Waals surface area contributed by atoms with Gasteiger partial charge in [0.2, 0.25) is 0 Å². The summed E-state index contributed by atoms with van der Waals surface area (Å²) in [6.45, 7) is 2.54. The third kappa shape index (κ3) is 5.21. The largest absolute Gasteiger partial charge is 0.497 e. The summed E-state index contributed by atoms with van der Waals surface area (Å²) in [7, 11) is 1.51. The number of esters is 1. The Bertz CT molecular complexity index is 766. The summed E-state index contributed by atoms with van der Waals surface area (Å²) in [6, 6.07) is 6.06. The molecule has 9 nitrogen and oxygen atoms in total. The summed E-state index contributed by atoms with van der Waals surface area (Å²) >= 11 is 0. The topological polar surface area (TPSA) is 114 Å². The molecule has 1 aliphatic rings. The highest BCUT2D eigenvalue weighted by Crippen LogP contribution is 2.23. The number of hydrogen-bond acceptors (Lipinski definition) is 6. The molecule has 0 unspecified atom stereocenters. The number of ether oxygens (including phenoxy) is 2. The zero-order valence-electron chi connectivity index (χ0n) is 16.2. The van der Waals surface area contributed by atoms with Gasteiger partial charge in [-0.3, -0.25) is 19.3 Å². The Hall–Kier alpha value is -3.10. The third-order valence-electron chi connectivity index (χ3n) is 4.38. The standard InChI is InChI=1S/C19H25N3O6/c1-4-5-9-19(2)17(25)22(18(26)21-19)11-16(24)28-12-15(23)20-13-7-6-8-14(10-13)27-3/h6-8,10H,4-5,9,11-12H2,1-3H3,(H,20,23)(H,21,26)/t19-/m0/s1. The van der Waals surface area contributed by atoms with E-state index in [2.05, 4.69) is 10.6 Å². The summed E-state index contributed by atoms with van der Waals surface area (Å²) in [6.07, 6.45) is 2.14. The average molecular weight is 391 g/mol. The van der Waals surface area contributed by atoms with Crippen LogP contribution in [-0.2, 0) is 19.1 Å². The van der Waals surface area contributed by atoms with Crippen molar-refractivity contribution in [1.82, 2.24) is 10.2 Å². The molecule has 1 atom stereocenters. The van der Waals surface area contributed by atoms with Crippen LogP contribution in [0.2, 0.25) is 0 Å². The highest BCUT2D eigenvalue weighted by atomic mass is 16.5. The number of benzene rings is 1. The van der Waals surface area contributed by atoms with E-state index in [4.69, 9.17) is 9.47 Å². The number of rotatable bonds is 9. The van der Waals surface area contributed by atoms with Crippen molar-refractivity contribution in [2.45, 2.75) is 38.6 Å². The predicted molar refractivity (Wildman–Crippen MR) is 101 cm³/mol. The van der Waals surface area contributed by atoms with E-state index in [0.717, 1.165) is 17.7 Å². The van der Waals surface area contributed by atoms with Crippen LogP contribution in [-0.4, -0.2) is 54.5 Å². The lowest BCUT2D eigenvalue weighted by Crippen LogP contribution is -2.44. The van der Waals surface area contributed by atoms with Crippen molar-refractivity contribution in [3.63, 3.8) is 0 Å². The molecule has 152 valence electrons. The SMILES string of the molecule is CCCC[C@]1(C)NC(=O)N(CC(=O)OCC(=O)Nc2cccc(OC)c2)C1=O. The number of nitrogens with one attached hydrogen (secondary N) is 2. The molecule has 1 fully saturated rings. The van der Waals surface area contributed by atoms with E-state index in [0.29, 0.717) is 17.9 Å². The first-order valence-electron chi connectivity index (χ1n) is 9.02. The van der Waals surface area contributed by atoms with Crippen LogP contribution in [0.15, 0.2) is 24.3 Å². The van der Waals surface area contributed by atoms with Crippen molar-refractivity contribution in [2.24, 2.45) is 0 Å². The summed E-state index contributed by atoms with van der Waals surface area (Å²) < 4.78 is 9.94. The normalized spacial score (nSPS) is 18.6. The molecule has 0 spiro atoms. The Morgan fingerprint density at radius 1 is 1.29 bits per heavy atom. The quantitative estimate of drug-likeness (QED) is 0.489. The second kappa shape index (κ2) is 9.20. The molecule has 2 N–H and O–H groups in total. The van der Waals surface area contributed by atoms with Gasteiger partial charge in [0.15, 0.2) is 6.61 Å². The summed E-state index contributed by atoms with van der Waals surface area (Å²) in [4.78, 5) is 49.2. The molecule has 4 amide bonds. The molecule has 2 rings (SSSR count). The van der Waals surface area contributed by atoms with E-state index in [9.17, 15) is 19.2 Å². The fourth-order valence-electron chi connectivity index (χ4n) is 2.81. The Morgan fingerprint density at radius 2 is 2.04 bits per heavy atom. The molecular formula is C19H25N3O6. The minimum atomic E-state index is -1.02. The Labute approximate surface area is 163 Å². The predicted octanol–water partition coefficient (Wildman–Crippen LogP) is 1.68. The third-order valence-corrected chi connectivity index (χ3v) is 4.38. The van der Waals surface area contributed by atoms with E-state index >= 15 is 0 Å². The monoisotopic (exact) mass is 391 g/mol. The number of imide groups is 1. The number of carbonyl (C=O) groups excluding carboxylic acids is 4. The number of amides is 4. The molecule has 0 bridgehead atoms. The van der Waals surface area contributed by atoms with Crippen LogP contribution in [0.3, 0.4) is 0 Å². The highest BCUT2D eigenvalue weighted by molar-refractivity contribution is 6.08. The number of anilines is 1. The maximum atomic E-state index is 12.5. The number of hydrogen-bond donors (Lipinski definition) is 2. The summed E-state index contributed by atoms with van der Waals surface area (Å²) in [5.41, 5.74) is -0.530. The lowest BCUT2D eigenvalue weighted by Gasteiger charge is -2.21. The lowest BCUT2D eigenvalue weighted by molar-refractivity contribution is -0.150. The minimum Gasteiger partial charge on any atom is -0.497 e. The second-order valence-electron chi connectivity index (χ2n) is 6.70. The Balaban J connectivity index is 1.84. The molecule has 0 saturated carbocycles. The second-order valence-corrected chi connectivity index (χ2v) is 6.70. The van der Waals surface area contributed by atoms with Crippen molar-refractivity contribution in [1.29, 1.82) is 0 Å². The smallest absolute Gasteiger partial charge is 0.326 e. The van der Waals surface area contributed by atoms with Crippen LogP contribution in [0.5, 0.6) is 5.75 Å². The number of urea groups is 1. The van der Waals surface area contributed by atoms with Crippen molar-refractivity contribution in [2.75, 3.05) is 25.6 Å². The lowest BCUT2D eigenvalue weighted by atomic mass is 9.95. The first-order chi connectivity index (χ1) is 13.3. The van der Waals surface area contributed by atoms with E-state index in [1.54, 1.807) is 31.2 Å². The van der Waals surface area contributed by atoms with Gasteiger partial charge in [-0.2, -0.15) is 0 Å². The van der Waals surface area contributed by atoms with Gasteiger partial charge < -0.3 is 20.1 Å². The van der Waals surface area contributed by atoms with Gasteiger partial charge in [0.25, 0.3) is 11.8 Å². The fraction of sp³-hybridized carbons (Fsp3) is 0.474. The zero-order chi connectivity index (χ0) is 20.7. The Kier molecular flexibility index (Phi) is 6.97. The molecule has 1 aliphatic heterocycles. The van der Waals surface area contributed by atoms with Gasteiger partial charge in [0.05, 0.1) is 7.11 Å². The fourth-order valence-corrected chi connectivity index (χ4v) is 2.81. The van der Waals surface area contributed by atoms with Crippen LogP contribution >= 0.6 is 0 Å². The van der Waals surface area contributed by atoms with Gasteiger partial charge in [-0.15, -0.1) is 0 Å². The molecule has 0 aromatic heterocycles. The minimum absolute atomic E-state index is 0.469. The molecule has 0 radical (unpaired) electrons. The summed E-state index contributed by atoms with van der Waals surface area (Å²) in [5, 5.41) is 5.18. The molecule has 28 heavy (non-hydrogen) atoms. The molecule has 9 heteroatoms. The number of unbranched alkanes of at least 4 members (excludes halogenated alkanes) is 1. The number of carbonyl (C=O) groups is 4. The number of methoxy groups -OCH3 is 1. The van der Waals surface area contributed by atoms with Crippen molar-refractivity contribution < 1.29 is 28.7 Å². The zero-order valence-corrected chi connectivity index (χ0v) is 16.2. The molecule has 1 aromatic rings. The maximum Gasteiger partial charge on any atom is 0.326 e. The average Bonchev–Trinajstić information content (AvgIpc) is 2.88. The van der Waals surface area contributed by atoms with Gasteiger partial charge in [0, 0.05) is 11.8 Å². The van der Waals surface area contributed by atoms with Gasteiger partial charge in [-0.1, -0.05) is 25.8 Å². The molecule has 1 saturated heterocycles. The summed E-state index contributed by atoms with van der Waals surface area (Å²) in [5.74, 6) is -1.29. The van der Waals surface area contributed by atoms with E-state index in [1.165, 1.54) is 7.11 Å². The highest BCUT2D eigenvalue weighted by Gasteiger charge is 2.47. The van der Waals surface area contributed by atoms with Crippen molar-refractivity contribution >= 4 is 29.5 Å². The van der Waals surface area contributed by atoms with Gasteiger partial charge >= 0.3 is 12.0 Å². The van der Waals surface area contributed by atoms with Crippen LogP contribution < -0.4 is 15.4 Å². The molecule has 0 aliphatic carbocycles. The molecule has 1 heterocycles. The molecular weight excluding hydrogens is 366 g/mol. The molecule has 1 aromatic carbocycles. The van der Waals surface area contributed by atoms with Crippen LogP contribution in [0, 0.1) is 0 Å². The van der Waals surface area contributed by atoms with Gasteiger partial charge in [0.1, 0.15) is 17.8 Å². The van der Waals surface area contributed by atoms with E-state index in [-0.39, 0.29) is 0 Å². The van der Waals surface area contributed by atoms with Gasteiger partial charge in [-0.25, -0.2) is 4.79 Å². The van der Waals surface area contributed by atoms with E-state index < -0.39 is 42.5 Å². The Morgan fingerprint density at radius 3 is 2.71 bits per heavy atom. The van der Waals surface area contributed by atoms with Crippen LogP contribution in [0.25, 0.3) is 0 Å². The number of nitrogens with zero attached hydrogens (tertiary/aromatic N) is 1. The van der Waals surface area contributed by atoms with E-state index in [1.807, 2.05) is 6.92 Å². The maximum absolute atomic E-state index is 12.5. The first kappa shape index (κ1) is 21.2. The van der Waals surface area contributed by atoms with Crippen LogP contribution in [0.1, 0.15) is 33.1 Å². The van der Waals surface area contributed by atoms with Gasteiger partial charge in [-0.05, 0) is 25.5 Å². The van der Waals surface area contributed by atoms with Crippen LogP contribution in [0.4, 0.5) is 10.5 Å². The van der Waals surface area contributed by atoms with Crippen molar-refractivity contribution in [3.05, 3.63) is 24.3 Å². The van der Waals surface area contributed by atoms with Crippen molar-refractivity contribution in [3.8, 4) is 5.75 Å².